The van der Waals surface area contributed by atoms with Crippen molar-refractivity contribution in [2.75, 3.05) is 17.2 Å². The fourth-order valence-corrected chi connectivity index (χ4v) is 4.82. The van der Waals surface area contributed by atoms with Gasteiger partial charge in [-0.05, 0) is 49.7 Å². The van der Waals surface area contributed by atoms with E-state index in [-0.39, 0.29) is 4.90 Å². The van der Waals surface area contributed by atoms with Gasteiger partial charge < -0.3 is 10.6 Å². The Labute approximate surface area is 198 Å². The van der Waals surface area contributed by atoms with Crippen LogP contribution in [0.4, 0.5) is 23.1 Å². The van der Waals surface area contributed by atoms with Gasteiger partial charge in [0.2, 0.25) is 16.0 Å². The molecule has 0 aliphatic carbocycles. The fraction of sp³-hybridized carbons (Fsp3) is 0.208. The van der Waals surface area contributed by atoms with Crippen LogP contribution in [-0.2, 0) is 16.6 Å². The number of terminal acetylenes is 1. The summed E-state index contributed by atoms with van der Waals surface area (Å²) in [6, 6.07) is 11.0. The number of anilines is 4. The third kappa shape index (κ3) is 4.85. The Morgan fingerprint density at radius 3 is 2.56 bits per heavy atom. The molecule has 0 bridgehead atoms. The smallest absolute Gasteiger partial charge is 0.240 e. The van der Waals surface area contributed by atoms with Crippen molar-refractivity contribution in [3.8, 4) is 12.3 Å². The molecule has 0 saturated heterocycles. The number of fused-ring (bicyclic) bond motifs is 1. The van der Waals surface area contributed by atoms with Crippen molar-refractivity contribution < 1.29 is 8.42 Å². The summed E-state index contributed by atoms with van der Waals surface area (Å²) in [5.74, 6) is 3.56. The Morgan fingerprint density at radius 1 is 1.03 bits per heavy atom. The van der Waals surface area contributed by atoms with E-state index in [1.165, 1.54) is 0 Å². The van der Waals surface area contributed by atoms with Crippen LogP contribution in [0.1, 0.15) is 18.1 Å². The van der Waals surface area contributed by atoms with E-state index >= 15 is 0 Å². The normalized spacial score (nSPS) is 11.4. The summed E-state index contributed by atoms with van der Waals surface area (Å²) < 4.78 is 29.3. The molecule has 2 heterocycles. The number of aromatic nitrogens is 4. The minimum atomic E-state index is -3.59. The van der Waals surface area contributed by atoms with Crippen molar-refractivity contribution in [2.45, 2.75) is 32.2 Å². The standard InChI is InChI=1S/C24H25N7O2S/c1-5-11-31-21-10-9-19(12-18(21)15-26-31)28-23-17(4)14-25-24(30-23)29-20-8-7-16(3)22(13-20)34(32,33)27-6-2/h1,7-10,12-15,27H,6,11H2,2-4H3,(H2,25,28,29,30). The van der Waals surface area contributed by atoms with Gasteiger partial charge in [0, 0.05) is 35.1 Å². The highest BCUT2D eigenvalue weighted by atomic mass is 32.2. The molecule has 34 heavy (non-hydrogen) atoms. The number of hydrogen-bond acceptors (Lipinski definition) is 7. The summed E-state index contributed by atoms with van der Waals surface area (Å²) >= 11 is 0. The molecule has 4 rings (SSSR count). The van der Waals surface area contributed by atoms with Crippen molar-refractivity contribution >= 4 is 44.1 Å². The topological polar surface area (TPSA) is 114 Å². The van der Waals surface area contributed by atoms with Crippen LogP contribution < -0.4 is 15.4 Å². The lowest BCUT2D eigenvalue weighted by molar-refractivity contribution is 0.583. The van der Waals surface area contributed by atoms with Crippen LogP contribution in [0.5, 0.6) is 0 Å². The molecule has 10 heteroatoms. The molecule has 0 unspecified atom stereocenters. The number of nitrogens with zero attached hydrogens (tertiary/aromatic N) is 4. The first-order valence-electron chi connectivity index (χ1n) is 10.7. The predicted molar refractivity (Wildman–Crippen MR) is 134 cm³/mol. The van der Waals surface area contributed by atoms with E-state index in [4.69, 9.17) is 6.42 Å². The molecule has 0 saturated carbocycles. The molecular weight excluding hydrogens is 450 g/mol. The molecule has 0 atom stereocenters. The Morgan fingerprint density at radius 2 is 1.79 bits per heavy atom. The quantitative estimate of drug-likeness (QED) is 0.332. The average molecular weight is 476 g/mol. The van der Waals surface area contributed by atoms with Crippen LogP contribution in [0.2, 0.25) is 0 Å². The van der Waals surface area contributed by atoms with Gasteiger partial charge in [-0.1, -0.05) is 18.9 Å². The third-order valence-electron chi connectivity index (χ3n) is 5.19. The SMILES string of the molecule is C#CCn1ncc2cc(Nc3nc(Nc4ccc(C)c(S(=O)(=O)NCC)c4)ncc3C)ccc21. The maximum Gasteiger partial charge on any atom is 0.240 e. The number of aryl methyl sites for hydroxylation is 2. The minimum absolute atomic E-state index is 0.212. The number of benzene rings is 2. The summed E-state index contributed by atoms with van der Waals surface area (Å²) in [6.45, 7) is 6.12. The number of sulfonamides is 1. The maximum atomic E-state index is 12.5. The summed E-state index contributed by atoms with van der Waals surface area (Å²) in [6.07, 6.45) is 8.87. The van der Waals surface area contributed by atoms with Gasteiger partial charge in [0.05, 0.1) is 16.6 Å². The van der Waals surface area contributed by atoms with Gasteiger partial charge >= 0.3 is 0 Å². The highest BCUT2D eigenvalue weighted by Gasteiger charge is 2.16. The molecule has 2 aromatic heterocycles. The zero-order valence-electron chi connectivity index (χ0n) is 19.1. The van der Waals surface area contributed by atoms with Crippen molar-refractivity contribution in [3.63, 3.8) is 0 Å². The van der Waals surface area contributed by atoms with Crippen LogP contribution >= 0.6 is 0 Å². The number of nitrogens with one attached hydrogen (secondary N) is 3. The second-order valence-electron chi connectivity index (χ2n) is 7.74. The number of rotatable bonds is 8. The Bertz CT molecular complexity index is 1500. The molecule has 2 aromatic carbocycles. The van der Waals surface area contributed by atoms with Crippen molar-refractivity contribution in [1.29, 1.82) is 0 Å². The summed E-state index contributed by atoms with van der Waals surface area (Å²) in [5.41, 5.74) is 3.87. The maximum absolute atomic E-state index is 12.5. The van der Waals surface area contributed by atoms with Gasteiger partial charge in [-0.15, -0.1) is 6.42 Å². The second-order valence-corrected chi connectivity index (χ2v) is 9.47. The van der Waals surface area contributed by atoms with Gasteiger partial charge in [0.25, 0.3) is 0 Å². The molecule has 9 nitrogen and oxygen atoms in total. The molecule has 0 fully saturated rings. The van der Waals surface area contributed by atoms with E-state index in [0.29, 0.717) is 36.1 Å². The van der Waals surface area contributed by atoms with Crippen LogP contribution in [0.3, 0.4) is 0 Å². The minimum Gasteiger partial charge on any atom is -0.340 e. The van der Waals surface area contributed by atoms with Gasteiger partial charge in [0.15, 0.2) is 0 Å². The summed E-state index contributed by atoms with van der Waals surface area (Å²) in [7, 11) is -3.59. The number of hydrogen-bond donors (Lipinski definition) is 3. The highest BCUT2D eigenvalue weighted by molar-refractivity contribution is 7.89. The highest BCUT2D eigenvalue weighted by Crippen LogP contribution is 2.26. The van der Waals surface area contributed by atoms with Crippen molar-refractivity contribution in [2.24, 2.45) is 0 Å². The van der Waals surface area contributed by atoms with E-state index in [2.05, 4.69) is 36.3 Å². The van der Waals surface area contributed by atoms with E-state index in [1.807, 2.05) is 25.1 Å². The molecule has 0 radical (unpaired) electrons. The van der Waals surface area contributed by atoms with Gasteiger partial charge in [0.1, 0.15) is 12.4 Å². The molecule has 0 amide bonds. The monoisotopic (exact) mass is 475 g/mol. The lowest BCUT2D eigenvalue weighted by atomic mass is 10.2. The Balaban J connectivity index is 1.59. The molecule has 174 valence electrons. The van der Waals surface area contributed by atoms with Gasteiger partial charge in [-0.3, -0.25) is 4.68 Å². The van der Waals surface area contributed by atoms with E-state index in [0.717, 1.165) is 22.2 Å². The fourth-order valence-electron chi connectivity index (χ4n) is 3.51. The predicted octanol–water partition coefficient (Wildman–Crippen LogP) is 3.86. The first-order chi connectivity index (χ1) is 16.3. The molecule has 0 aliphatic rings. The van der Waals surface area contributed by atoms with Crippen molar-refractivity contribution in [1.82, 2.24) is 24.5 Å². The lowest BCUT2D eigenvalue weighted by Crippen LogP contribution is -2.24. The van der Waals surface area contributed by atoms with Crippen LogP contribution in [0, 0.1) is 26.2 Å². The largest absolute Gasteiger partial charge is 0.340 e. The average Bonchev–Trinajstić information content (AvgIpc) is 3.19. The lowest BCUT2D eigenvalue weighted by Gasteiger charge is -2.13. The zero-order chi connectivity index (χ0) is 24.3. The summed E-state index contributed by atoms with van der Waals surface area (Å²) in [5, 5.41) is 11.7. The second kappa shape index (κ2) is 9.51. The van der Waals surface area contributed by atoms with Crippen LogP contribution in [0.25, 0.3) is 10.9 Å². The van der Waals surface area contributed by atoms with E-state index in [1.54, 1.807) is 49.1 Å². The molecule has 0 spiro atoms. The van der Waals surface area contributed by atoms with E-state index in [9.17, 15) is 8.42 Å². The summed E-state index contributed by atoms with van der Waals surface area (Å²) in [4.78, 5) is 9.13. The van der Waals surface area contributed by atoms with E-state index < -0.39 is 10.0 Å². The Hall–Kier alpha value is -3.94. The van der Waals surface area contributed by atoms with Crippen molar-refractivity contribution in [3.05, 3.63) is 59.9 Å². The third-order valence-corrected chi connectivity index (χ3v) is 6.87. The first kappa shape index (κ1) is 23.2. The van der Waals surface area contributed by atoms with Crippen LogP contribution in [0.15, 0.2) is 53.7 Å². The molecule has 4 aromatic rings. The Kier molecular flexibility index (Phi) is 6.49. The molecule has 3 N–H and O–H groups in total. The first-order valence-corrected chi connectivity index (χ1v) is 12.2. The van der Waals surface area contributed by atoms with Crippen LogP contribution in [-0.4, -0.2) is 34.7 Å². The molecular formula is C24H25N7O2S. The molecule has 0 aliphatic heterocycles. The van der Waals surface area contributed by atoms with Gasteiger partial charge in [-0.2, -0.15) is 10.1 Å². The zero-order valence-corrected chi connectivity index (χ0v) is 19.9. The van der Waals surface area contributed by atoms with Gasteiger partial charge in [-0.25, -0.2) is 18.1 Å².